The lowest BCUT2D eigenvalue weighted by Gasteiger charge is -2.07. The Kier molecular flexibility index (Phi) is 3.62. The number of unbranched alkanes of at least 4 members (excludes halogenated alkanes) is 2. The van der Waals surface area contributed by atoms with Gasteiger partial charge in [-0.2, -0.15) is 0 Å². The van der Waals surface area contributed by atoms with Crippen molar-refractivity contribution < 1.29 is 4.42 Å². The van der Waals surface area contributed by atoms with E-state index in [0.29, 0.717) is 5.58 Å². The van der Waals surface area contributed by atoms with Crippen LogP contribution in [0.2, 0.25) is 0 Å². The fourth-order valence-corrected chi connectivity index (χ4v) is 2.10. The molecule has 0 unspecified atom stereocenters. The van der Waals surface area contributed by atoms with Crippen molar-refractivity contribution in [2.24, 2.45) is 0 Å². The Balaban J connectivity index is 2.34. The van der Waals surface area contributed by atoms with Crippen molar-refractivity contribution in [3.05, 3.63) is 45.8 Å². The first-order chi connectivity index (χ1) is 8.20. The Morgan fingerprint density at radius 3 is 2.76 bits per heavy atom. The maximum Gasteiger partial charge on any atom is 0.336 e. The second kappa shape index (κ2) is 5.17. The summed E-state index contributed by atoms with van der Waals surface area (Å²) in [5.74, 6) is 0. The second-order valence-corrected chi connectivity index (χ2v) is 4.53. The first-order valence-corrected chi connectivity index (χ1v) is 6.24. The van der Waals surface area contributed by atoms with Crippen molar-refractivity contribution in [2.45, 2.75) is 39.5 Å². The molecule has 0 N–H and O–H groups in total. The molecule has 0 saturated heterocycles. The number of fused-ring (bicyclic) bond motifs is 1. The van der Waals surface area contributed by atoms with Crippen LogP contribution in [0.4, 0.5) is 0 Å². The molecule has 1 aromatic heterocycles. The quantitative estimate of drug-likeness (QED) is 0.590. The van der Waals surface area contributed by atoms with E-state index < -0.39 is 0 Å². The first-order valence-electron chi connectivity index (χ1n) is 6.24. The number of hydrogen-bond acceptors (Lipinski definition) is 2. The van der Waals surface area contributed by atoms with Crippen molar-refractivity contribution in [1.82, 2.24) is 0 Å². The highest BCUT2D eigenvalue weighted by Crippen LogP contribution is 2.20. The molecule has 0 saturated carbocycles. The van der Waals surface area contributed by atoms with Crippen LogP contribution in [0.3, 0.4) is 0 Å². The normalized spacial score (nSPS) is 10.9. The van der Waals surface area contributed by atoms with Crippen LogP contribution in [-0.2, 0) is 6.42 Å². The standard InChI is InChI=1S/C15H18O2/c1-3-4-5-6-12-10-13-7-8-15(16)17-14(13)9-11(12)2/h7-10H,3-6H2,1-2H3. The van der Waals surface area contributed by atoms with E-state index >= 15 is 0 Å². The summed E-state index contributed by atoms with van der Waals surface area (Å²) in [6.45, 7) is 4.29. The van der Waals surface area contributed by atoms with Gasteiger partial charge < -0.3 is 4.42 Å². The molecule has 0 radical (unpaired) electrons. The van der Waals surface area contributed by atoms with Gasteiger partial charge in [0.05, 0.1) is 0 Å². The molecular formula is C15H18O2. The monoisotopic (exact) mass is 230 g/mol. The highest BCUT2D eigenvalue weighted by molar-refractivity contribution is 5.78. The van der Waals surface area contributed by atoms with Crippen LogP contribution in [0.15, 0.2) is 33.5 Å². The number of rotatable bonds is 4. The minimum Gasteiger partial charge on any atom is -0.423 e. The third kappa shape index (κ3) is 2.76. The molecule has 17 heavy (non-hydrogen) atoms. The lowest BCUT2D eigenvalue weighted by molar-refractivity contribution is 0.560. The van der Waals surface area contributed by atoms with Gasteiger partial charge >= 0.3 is 5.63 Å². The van der Waals surface area contributed by atoms with Crippen molar-refractivity contribution in [3.63, 3.8) is 0 Å². The van der Waals surface area contributed by atoms with Gasteiger partial charge in [-0.25, -0.2) is 4.79 Å². The van der Waals surface area contributed by atoms with E-state index in [1.807, 2.05) is 12.1 Å². The third-order valence-electron chi connectivity index (χ3n) is 3.13. The van der Waals surface area contributed by atoms with Crippen LogP contribution < -0.4 is 5.63 Å². The Labute approximate surface area is 101 Å². The summed E-state index contributed by atoms with van der Waals surface area (Å²) in [5, 5.41) is 1.02. The average Bonchev–Trinajstić information content (AvgIpc) is 2.30. The molecule has 1 heterocycles. The highest BCUT2D eigenvalue weighted by atomic mass is 16.4. The van der Waals surface area contributed by atoms with Gasteiger partial charge in [-0.05, 0) is 49.1 Å². The van der Waals surface area contributed by atoms with E-state index in [2.05, 4.69) is 19.9 Å². The van der Waals surface area contributed by atoms with Gasteiger partial charge in [-0.3, -0.25) is 0 Å². The Bertz CT molecular complexity index is 567. The third-order valence-corrected chi connectivity index (χ3v) is 3.13. The largest absolute Gasteiger partial charge is 0.423 e. The highest BCUT2D eigenvalue weighted by Gasteiger charge is 2.03. The lowest BCUT2D eigenvalue weighted by Crippen LogP contribution is -1.96. The van der Waals surface area contributed by atoms with Crippen LogP contribution in [-0.4, -0.2) is 0 Å². The number of aryl methyl sites for hydroxylation is 2. The summed E-state index contributed by atoms with van der Waals surface area (Å²) in [5.41, 5.74) is 2.98. The van der Waals surface area contributed by atoms with Gasteiger partial charge in [-0.1, -0.05) is 19.8 Å². The maximum atomic E-state index is 11.1. The molecule has 1 aromatic carbocycles. The van der Waals surface area contributed by atoms with E-state index in [9.17, 15) is 4.79 Å². The zero-order valence-corrected chi connectivity index (χ0v) is 10.5. The Morgan fingerprint density at radius 2 is 2.00 bits per heavy atom. The van der Waals surface area contributed by atoms with Gasteiger partial charge in [0.25, 0.3) is 0 Å². The van der Waals surface area contributed by atoms with Crippen LogP contribution in [0.1, 0.15) is 37.3 Å². The summed E-state index contributed by atoms with van der Waals surface area (Å²) >= 11 is 0. The fourth-order valence-electron chi connectivity index (χ4n) is 2.10. The first kappa shape index (κ1) is 11.9. The van der Waals surface area contributed by atoms with E-state index in [0.717, 1.165) is 11.8 Å². The smallest absolute Gasteiger partial charge is 0.336 e. The molecule has 0 spiro atoms. The van der Waals surface area contributed by atoms with Crippen molar-refractivity contribution >= 4 is 11.0 Å². The van der Waals surface area contributed by atoms with Crippen LogP contribution >= 0.6 is 0 Å². The SMILES string of the molecule is CCCCCc1cc2ccc(=O)oc2cc1C. The second-order valence-electron chi connectivity index (χ2n) is 4.53. The molecule has 0 atom stereocenters. The summed E-state index contributed by atoms with van der Waals surface area (Å²) in [6, 6.07) is 7.43. The van der Waals surface area contributed by atoms with Crippen molar-refractivity contribution in [3.8, 4) is 0 Å². The molecular weight excluding hydrogens is 212 g/mol. The fraction of sp³-hybridized carbons (Fsp3) is 0.400. The molecule has 0 aliphatic carbocycles. The van der Waals surface area contributed by atoms with Crippen molar-refractivity contribution in [1.29, 1.82) is 0 Å². The van der Waals surface area contributed by atoms with E-state index in [1.165, 1.54) is 36.5 Å². The van der Waals surface area contributed by atoms with Gasteiger partial charge in [0.1, 0.15) is 5.58 Å². The zero-order valence-electron chi connectivity index (χ0n) is 10.5. The summed E-state index contributed by atoms with van der Waals surface area (Å²) in [4.78, 5) is 11.1. The van der Waals surface area contributed by atoms with Gasteiger partial charge in [-0.15, -0.1) is 0 Å². The molecule has 0 amide bonds. The average molecular weight is 230 g/mol. The van der Waals surface area contributed by atoms with Crippen LogP contribution in [0.5, 0.6) is 0 Å². The molecule has 90 valence electrons. The lowest BCUT2D eigenvalue weighted by atomic mass is 10.0. The summed E-state index contributed by atoms with van der Waals surface area (Å²) < 4.78 is 5.17. The molecule has 2 nitrogen and oxygen atoms in total. The van der Waals surface area contributed by atoms with Crippen molar-refractivity contribution in [2.75, 3.05) is 0 Å². The van der Waals surface area contributed by atoms with Crippen LogP contribution in [0, 0.1) is 6.92 Å². The number of hydrogen-bond donors (Lipinski definition) is 0. The molecule has 2 aromatic rings. The molecule has 2 rings (SSSR count). The molecule has 0 bridgehead atoms. The zero-order chi connectivity index (χ0) is 12.3. The molecule has 0 aliphatic heterocycles. The van der Waals surface area contributed by atoms with E-state index in [1.54, 1.807) is 0 Å². The molecule has 0 fully saturated rings. The van der Waals surface area contributed by atoms with Gasteiger partial charge in [0.15, 0.2) is 0 Å². The van der Waals surface area contributed by atoms with Crippen LogP contribution in [0.25, 0.3) is 11.0 Å². The predicted molar refractivity (Wildman–Crippen MR) is 70.5 cm³/mol. The van der Waals surface area contributed by atoms with E-state index in [-0.39, 0.29) is 5.63 Å². The Hall–Kier alpha value is -1.57. The minimum atomic E-state index is -0.282. The Morgan fingerprint density at radius 1 is 1.18 bits per heavy atom. The number of benzene rings is 1. The topological polar surface area (TPSA) is 30.2 Å². The summed E-state index contributed by atoms with van der Waals surface area (Å²) in [6.07, 6.45) is 4.83. The van der Waals surface area contributed by atoms with E-state index in [4.69, 9.17) is 4.42 Å². The molecule has 0 aliphatic rings. The summed E-state index contributed by atoms with van der Waals surface area (Å²) in [7, 11) is 0. The minimum absolute atomic E-state index is 0.282. The van der Waals surface area contributed by atoms with Gasteiger partial charge in [0.2, 0.25) is 0 Å². The van der Waals surface area contributed by atoms with Gasteiger partial charge in [0, 0.05) is 11.5 Å². The maximum absolute atomic E-state index is 11.1. The predicted octanol–water partition coefficient (Wildman–Crippen LogP) is 3.83. The molecule has 2 heteroatoms.